The van der Waals surface area contributed by atoms with Crippen LogP contribution in [-0.4, -0.2) is 57.8 Å². The summed E-state index contributed by atoms with van der Waals surface area (Å²) in [7, 11) is 1.72. The Kier molecular flexibility index (Phi) is 14.6. The molecular weight excluding hydrogens is 321 g/mol. The Morgan fingerprint density at radius 2 is 2.00 bits per heavy atom. The zero-order valence-corrected chi connectivity index (χ0v) is 15.7. The average Bonchev–Trinajstić information content (AvgIpc) is 2.67. The summed E-state index contributed by atoms with van der Waals surface area (Å²) in [6.45, 7) is 12.1. The normalized spacial score (nSPS) is 13.6. The second-order valence-electron chi connectivity index (χ2n) is 5.07. The molecule has 2 rings (SSSR count). The predicted molar refractivity (Wildman–Crippen MR) is 103 cm³/mol. The molecule has 0 atom stereocenters. The molecule has 2 N–H and O–H groups in total. The van der Waals surface area contributed by atoms with Crippen LogP contribution in [0.3, 0.4) is 0 Å². The van der Waals surface area contributed by atoms with Gasteiger partial charge in [0.25, 0.3) is 0 Å². The summed E-state index contributed by atoms with van der Waals surface area (Å²) in [5, 5.41) is 5.60. The van der Waals surface area contributed by atoms with E-state index in [0.29, 0.717) is 12.1 Å². The Hall–Kier alpha value is -1.76. The van der Waals surface area contributed by atoms with Gasteiger partial charge in [-0.1, -0.05) is 26.5 Å². The van der Waals surface area contributed by atoms with Gasteiger partial charge in [-0.05, 0) is 30.9 Å². The summed E-state index contributed by atoms with van der Waals surface area (Å²) >= 11 is 0. The third-order valence-corrected chi connectivity index (χ3v) is 3.35. The number of morpholine rings is 1. The Morgan fingerprint density at radius 3 is 2.48 bits per heavy atom. The molecule has 1 heterocycles. The molecule has 5 nitrogen and oxygen atoms in total. The predicted octanol–water partition coefficient (Wildman–Crippen LogP) is 3.09. The molecule has 1 aromatic carbocycles. The highest BCUT2D eigenvalue weighted by Gasteiger charge is 2.11. The van der Waals surface area contributed by atoms with Gasteiger partial charge in [-0.25, -0.2) is 4.39 Å². The highest BCUT2D eigenvalue weighted by molar-refractivity contribution is 5.84. The zero-order chi connectivity index (χ0) is 18.9. The fourth-order valence-corrected chi connectivity index (χ4v) is 2.16. The summed E-state index contributed by atoms with van der Waals surface area (Å²) in [4.78, 5) is 13.4. The van der Waals surface area contributed by atoms with Crippen molar-refractivity contribution < 1.29 is 13.9 Å². The lowest BCUT2D eigenvalue weighted by Crippen LogP contribution is -2.35. The van der Waals surface area contributed by atoms with Gasteiger partial charge in [0.15, 0.2) is 6.29 Å². The van der Waals surface area contributed by atoms with Crippen molar-refractivity contribution in [2.24, 2.45) is 0 Å². The van der Waals surface area contributed by atoms with E-state index in [0.717, 1.165) is 50.4 Å². The monoisotopic (exact) mass is 353 g/mol. The molecule has 0 saturated carbocycles. The summed E-state index contributed by atoms with van der Waals surface area (Å²) < 4.78 is 16.2. The standard InChI is InChI=1S/C14H18N2O2.C3H8FN.C2H6/c1-2-15-14-4-3-12(9-13(14)11-17)10-16-5-7-18-8-6-16;1-5-3-2-4;1-2/h2-4,9,11,15H,1,5-8,10H2;5H,2-3H2,1H3;1-2H3. The molecule has 0 unspecified atom stereocenters. The molecule has 0 amide bonds. The Bertz CT molecular complexity index is 476. The van der Waals surface area contributed by atoms with Crippen LogP contribution in [0.15, 0.2) is 31.0 Å². The number of hydrogen-bond acceptors (Lipinski definition) is 5. The van der Waals surface area contributed by atoms with E-state index in [1.54, 1.807) is 13.2 Å². The van der Waals surface area contributed by atoms with Crippen LogP contribution in [-0.2, 0) is 11.3 Å². The molecule has 0 spiro atoms. The molecule has 0 radical (unpaired) electrons. The number of nitrogens with one attached hydrogen (secondary N) is 2. The second kappa shape index (κ2) is 15.7. The van der Waals surface area contributed by atoms with Crippen molar-refractivity contribution in [3.05, 3.63) is 42.1 Å². The quantitative estimate of drug-likeness (QED) is 0.738. The van der Waals surface area contributed by atoms with Gasteiger partial charge < -0.3 is 15.4 Å². The summed E-state index contributed by atoms with van der Waals surface area (Å²) in [5.74, 6) is 0. The molecule has 25 heavy (non-hydrogen) atoms. The van der Waals surface area contributed by atoms with Crippen molar-refractivity contribution >= 4 is 12.0 Å². The van der Waals surface area contributed by atoms with Crippen LogP contribution >= 0.6 is 0 Å². The van der Waals surface area contributed by atoms with Gasteiger partial charge in [-0.15, -0.1) is 0 Å². The van der Waals surface area contributed by atoms with Crippen LogP contribution in [0.5, 0.6) is 0 Å². The highest BCUT2D eigenvalue weighted by Crippen LogP contribution is 2.17. The number of aldehydes is 1. The number of rotatable bonds is 7. The lowest BCUT2D eigenvalue weighted by molar-refractivity contribution is 0.0342. The molecule has 0 aromatic heterocycles. The molecule has 0 bridgehead atoms. The van der Waals surface area contributed by atoms with Crippen molar-refractivity contribution in [3.63, 3.8) is 0 Å². The summed E-state index contributed by atoms with van der Waals surface area (Å²) in [6, 6.07) is 5.88. The number of hydrogen-bond donors (Lipinski definition) is 2. The van der Waals surface area contributed by atoms with E-state index in [4.69, 9.17) is 4.74 Å². The van der Waals surface area contributed by atoms with Crippen LogP contribution in [0.2, 0.25) is 0 Å². The highest BCUT2D eigenvalue weighted by atomic mass is 19.1. The van der Waals surface area contributed by atoms with E-state index in [-0.39, 0.29) is 6.67 Å². The van der Waals surface area contributed by atoms with E-state index >= 15 is 0 Å². The maximum atomic E-state index is 11.0. The van der Waals surface area contributed by atoms with Gasteiger partial charge in [0.05, 0.1) is 13.2 Å². The van der Waals surface area contributed by atoms with Gasteiger partial charge in [0.2, 0.25) is 0 Å². The number of benzene rings is 1. The third-order valence-electron chi connectivity index (χ3n) is 3.35. The number of carbonyl (C=O) groups is 1. The number of alkyl halides is 1. The first-order valence-electron chi connectivity index (χ1n) is 8.71. The SMILES string of the molecule is C=CNc1ccc(CN2CCOCC2)cc1C=O.CC.CNCCF. The van der Waals surface area contributed by atoms with Gasteiger partial charge in [0, 0.05) is 37.4 Å². The molecule has 6 heteroatoms. The lowest BCUT2D eigenvalue weighted by atomic mass is 10.1. The summed E-state index contributed by atoms with van der Waals surface area (Å²) in [5.41, 5.74) is 2.61. The van der Waals surface area contributed by atoms with Crippen molar-refractivity contribution in [2.45, 2.75) is 20.4 Å². The van der Waals surface area contributed by atoms with Crippen molar-refractivity contribution in [1.82, 2.24) is 10.2 Å². The number of carbonyl (C=O) groups excluding carboxylic acids is 1. The lowest BCUT2D eigenvalue weighted by Gasteiger charge is -2.26. The number of anilines is 1. The molecule has 0 aliphatic carbocycles. The van der Waals surface area contributed by atoms with Crippen molar-refractivity contribution in [3.8, 4) is 0 Å². The zero-order valence-electron chi connectivity index (χ0n) is 15.7. The largest absolute Gasteiger partial charge is 0.379 e. The second-order valence-corrected chi connectivity index (χ2v) is 5.07. The smallest absolute Gasteiger partial charge is 0.152 e. The molecular formula is C19H32FN3O2. The van der Waals surface area contributed by atoms with Crippen LogP contribution in [0.25, 0.3) is 0 Å². The van der Waals surface area contributed by atoms with Crippen molar-refractivity contribution in [1.29, 1.82) is 0 Å². The molecule has 142 valence electrons. The Labute approximate surface area is 151 Å². The molecule has 1 fully saturated rings. The van der Waals surface area contributed by atoms with E-state index in [1.807, 2.05) is 32.0 Å². The van der Waals surface area contributed by atoms with E-state index < -0.39 is 0 Å². The Morgan fingerprint density at radius 1 is 1.32 bits per heavy atom. The summed E-state index contributed by atoms with van der Waals surface area (Å²) in [6.07, 6.45) is 2.44. The molecule has 1 aromatic rings. The van der Waals surface area contributed by atoms with Gasteiger partial charge in [0.1, 0.15) is 6.67 Å². The minimum absolute atomic E-state index is 0.267. The topological polar surface area (TPSA) is 53.6 Å². The van der Waals surface area contributed by atoms with Gasteiger partial charge >= 0.3 is 0 Å². The first-order valence-corrected chi connectivity index (χ1v) is 8.71. The molecule has 1 saturated heterocycles. The van der Waals surface area contributed by atoms with E-state index in [1.165, 1.54) is 0 Å². The third kappa shape index (κ3) is 9.96. The maximum absolute atomic E-state index is 11.0. The van der Waals surface area contributed by atoms with Crippen molar-refractivity contribution in [2.75, 3.05) is 51.9 Å². The van der Waals surface area contributed by atoms with Crippen LogP contribution in [0.4, 0.5) is 10.1 Å². The van der Waals surface area contributed by atoms with Crippen LogP contribution in [0, 0.1) is 0 Å². The van der Waals surface area contributed by atoms with Crippen LogP contribution < -0.4 is 10.6 Å². The molecule has 1 aliphatic rings. The van der Waals surface area contributed by atoms with E-state index in [9.17, 15) is 9.18 Å². The fraction of sp³-hybridized carbons (Fsp3) is 0.526. The van der Waals surface area contributed by atoms with Gasteiger partial charge in [-0.2, -0.15) is 0 Å². The number of halogens is 1. The Balaban J connectivity index is 0.000000710. The van der Waals surface area contributed by atoms with Crippen LogP contribution in [0.1, 0.15) is 29.8 Å². The first-order chi connectivity index (χ1) is 12.2. The number of ether oxygens (including phenoxy) is 1. The molecule has 1 aliphatic heterocycles. The maximum Gasteiger partial charge on any atom is 0.152 e. The first kappa shape index (κ1) is 23.2. The van der Waals surface area contributed by atoms with E-state index in [2.05, 4.69) is 22.1 Å². The minimum Gasteiger partial charge on any atom is -0.379 e. The average molecular weight is 353 g/mol. The fourth-order valence-electron chi connectivity index (χ4n) is 2.16. The number of nitrogens with zero attached hydrogens (tertiary/aromatic N) is 1. The minimum atomic E-state index is -0.267. The van der Waals surface area contributed by atoms with Gasteiger partial charge in [-0.3, -0.25) is 9.69 Å².